The molecule has 1 saturated carbocycles. The van der Waals surface area contributed by atoms with Gasteiger partial charge in [0.2, 0.25) is 0 Å². The third kappa shape index (κ3) is 2.29. The number of halogens is 1. The summed E-state index contributed by atoms with van der Waals surface area (Å²) in [7, 11) is 2.03. The number of hydrogen-bond donors (Lipinski definition) is 1. The van der Waals surface area contributed by atoms with Crippen LogP contribution in [0.2, 0.25) is 0 Å². The molecular weight excluding hydrogens is 217 g/mol. The molecule has 2 nitrogen and oxygen atoms in total. The third-order valence-corrected chi connectivity index (χ3v) is 3.76. The van der Waals surface area contributed by atoms with Crippen LogP contribution < -0.4 is 4.90 Å². The number of hydrogen-bond acceptors (Lipinski definition) is 2. The van der Waals surface area contributed by atoms with E-state index in [-0.39, 0.29) is 5.82 Å². The molecule has 0 saturated heterocycles. The first-order chi connectivity index (χ1) is 8.00. The topological polar surface area (TPSA) is 23.5 Å². The Morgan fingerprint density at radius 1 is 1.41 bits per heavy atom. The minimum Gasteiger partial charge on any atom is -0.389 e. The zero-order valence-corrected chi connectivity index (χ0v) is 10.7. The first kappa shape index (κ1) is 12.4. The average molecular weight is 237 g/mol. The summed E-state index contributed by atoms with van der Waals surface area (Å²) in [4.78, 5) is 2.18. The number of aliphatic hydroxyl groups excluding tert-OH is 1. The molecule has 0 amide bonds. The van der Waals surface area contributed by atoms with E-state index >= 15 is 0 Å². The lowest BCUT2D eigenvalue weighted by Gasteiger charge is -2.38. The van der Waals surface area contributed by atoms with Crippen LogP contribution in [0, 0.1) is 12.7 Å². The molecule has 1 aliphatic rings. The van der Waals surface area contributed by atoms with Gasteiger partial charge in [-0.3, -0.25) is 0 Å². The summed E-state index contributed by atoms with van der Waals surface area (Å²) in [6, 6.07) is 3.84. The zero-order valence-electron chi connectivity index (χ0n) is 10.7. The highest BCUT2D eigenvalue weighted by Crippen LogP contribution is 2.34. The molecule has 1 aromatic rings. The van der Waals surface area contributed by atoms with Crippen LogP contribution in [0.15, 0.2) is 12.1 Å². The Kier molecular flexibility index (Phi) is 3.38. The second kappa shape index (κ2) is 4.65. The number of benzene rings is 1. The van der Waals surface area contributed by atoms with E-state index in [1.165, 1.54) is 25.3 Å². The maximum atomic E-state index is 13.6. The fourth-order valence-corrected chi connectivity index (χ4v) is 2.29. The Morgan fingerprint density at radius 2 is 2.06 bits per heavy atom. The standard InChI is InChI=1S/C14H20FNO/c1-9-7-14(16(3)11-5-4-6-11)12(10(2)17)8-13(9)15/h7-8,10-11,17H,4-6H2,1-3H3/t10-/m0/s1. The van der Waals surface area contributed by atoms with Gasteiger partial charge in [0.1, 0.15) is 5.82 Å². The monoisotopic (exact) mass is 237 g/mol. The molecule has 0 radical (unpaired) electrons. The molecule has 1 aromatic carbocycles. The highest BCUT2D eigenvalue weighted by atomic mass is 19.1. The minimum absolute atomic E-state index is 0.244. The molecule has 0 heterocycles. The van der Waals surface area contributed by atoms with Crippen LogP contribution in [-0.4, -0.2) is 18.2 Å². The van der Waals surface area contributed by atoms with Gasteiger partial charge in [-0.25, -0.2) is 4.39 Å². The summed E-state index contributed by atoms with van der Waals surface area (Å²) in [6.45, 7) is 3.45. The van der Waals surface area contributed by atoms with E-state index in [9.17, 15) is 9.50 Å². The number of rotatable bonds is 3. The summed E-state index contributed by atoms with van der Waals surface area (Å²) < 4.78 is 13.6. The second-order valence-electron chi connectivity index (χ2n) is 5.03. The van der Waals surface area contributed by atoms with Gasteiger partial charge in [0, 0.05) is 24.3 Å². The van der Waals surface area contributed by atoms with Crippen molar-refractivity contribution < 1.29 is 9.50 Å². The molecule has 1 fully saturated rings. The minimum atomic E-state index is -0.636. The normalized spacial score (nSPS) is 17.7. The Hall–Kier alpha value is -1.09. The molecule has 94 valence electrons. The molecule has 0 spiro atoms. The summed E-state index contributed by atoms with van der Waals surface area (Å²) in [5.41, 5.74) is 2.28. The summed E-state index contributed by atoms with van der Waals surface area (Å²) >= 11 is 0. The Labute approximate surface area is 102 Å². The number of anilines is 1. The van der Waals surface area contributed by atoms with Crippen LogP contribution >= 0.6 is 0 Å². The fourth-order valence-electron chi connectivity index (χ4n) is 2.29. The number of aryl methyl sites for hydroxylation is 1. The molecular formula is C14H20FNO. The van der Waals surface area contributed by atoms with E-state index in [0.717, 1.165) is 5.69 Å². The van der Waals surface area contributed by atoms with Gasteiger partial charge in [0.25, 0.3) is 0 Å². The molecule has 2 rings (SSSR count). The van der Waals surface area contributed by atoms with E-state index in [1.54, 1.807) is 13.8 Å². The van der Waals surface area contributed by atoms with Crippen LogP contribution in [0.3, 0.4) is 0 Å². The molecule has 17 heavy (non-hydrogen) atoms. The quantitative estimate of drug-likeness (QED) is 0.872. The first-order valence-electron chi connectivity index (χ1n) is 6.21. The van der Waals surface area contributed by atoms with E-state index in [0.29, 0.717) is 17.2 Å². The average Bonchev–Trinajstić information content (AvgIpc) is 2.18. The summed E-state index contributed by atoms with van der Waals surface area (Å²) in [6.07, 6.45) is 3.00. The van der Waals surface area contributed by atoms with Crippen molar-refractivity contribution in [3.05, 3.63) is 29.1 Å². The van der Waals surface area contributed by atoms with Crippen LogP contribution in [0.4, 0.5) is 10.1 Å². The van der Waals surface area contributed by atoms with Crippen molar-refractivity contribution in [2.24, 2.45) is 0 Å². The van der Waals surface area contributed by atoms with Crippen molar-refractivity contribution in [3.63, 3.8) is 0 Å². The van der Waals surface area contributed by atoms with Crippen molar-refractivity contribution >= 4 is 5.69 Å². The van der Waals surface area contributed by atoms with Gasteiger partial charge >= 0.3 is 0 Å². The Balaban J connectivity index is 2.39. The van der Waals surface area contributed by atoms with Crippen molar-refractivity contribution in [2.75, 3.05) is 11.9 Å². The Bertz CT molecular complexity index is 413. The van der Waals surface area contributed by atoms with E-state index in [2.05, 4.69) is 4.90 Å². The molecule has 0 aromatic heterocycles. The number of aliphatic hydroxyl groups is 1. The second-order valence-corrected chi connectivity index (χ2v) is 5.03. The van der Waals surface area contributed by atoms with Crippen LogP contribution in [-0.2, 0) is 0 Å². The molecule has 0 aliphatic heterocycles. The highest BCUT2D eigenvalue weighted by molar-refractivity contribution is 5.57. The predicted octanol–water partition coefficient (Wildman–Crippen LogP) is 3.18. The number of nitrogens with zero attached hydrogens (tertiary/aromatic N) is 1. The summed E-state index contributed by atoms with van der Waals surface area (Å²) in [5.74, 6) is -0.244. The SMILES string of the molecule is Cc1cc(N(C)C2CCC2)c([C@H](C)O)cc1F. The predicted molar refractivity (Wildman–Crippen MR) is 67.8 cm³/mol. The van der Waals surface area contributed by atoms with E-state index in [1.807, 2.05) is 13.1 Å². The van der Waals surface area contributed by atoms with Crippen LogP contribution in [0.5, 0.6) is 0 Å². The lowest BCUT2D eigenvalue weighted by atomic mass is 9.90. The molecule has 3 heteroatoms. The van der Waals surface area contributed by atoms with Gasteiger partial charge in [-0.2, -0.15) is 0 Å². The lowest BCUT2D eigenvalue weighted by Crippen LogP contribution is -2.37. The van der Waals surface area contributed by atoms with Crippen molar-refractivity contribution in [1.29, 1.82) is 0 Å². The lowest BCUT2D eigenvalue weighted by molar-refractivity contribution is 0.199. The maximum absolute atomic E-state index is 13.6. The highest BCUT2D eigenvalue weighted by Gasteiger charge is 2.25. The maximum Gasteiger partial charge on any atom is 0.126 e. The third-order valence-electron chi connectivity index (χ3n) is 3.76. The van der Waals surface area contributed by atoms with Crippen molar-refractivity contribution in [3.8, 4) is 0 Å². The molecule has 1 aliphatic carbocycles. The zero-order chi connectivity index (χ0) is 12.6. The smallest absolute Gasteiger partial charge is 0.126 e. The Morgan fingerprint density at radius 3 is 2.53 bits per heavy atom. The van der Waals surface area contributed by atoms with Gasteiger partial charge in [0.15, 0.2) is 0 Å². The van der Waals surface area contributed by atoms with Crippen LogP contribution in [0.25, 0.3) is 0 Å². The summed E-state index contributed by atoms with van der Waals surface area (Å²) in [5, 5.41) is 9.75. The van der Waals surface area contributed by atoms with Crippen molar-refractivity contribution in [1.82, 2.24) is 0 Å². The van der Waals surface area contributed by atoms with E-state index < -0.39 is 6.10 Å². The van der Waals surface area contributed by atoms with Gasteiger partial charge in [-0.15, -0.1) is 0 Å². The van der Waals surface area contributed by atoms with Gasteiger partial charge in [-0.1, -0.05) is 0 Å². The van der Waals surface area contributed by atoms with Gasteiger partial charge < -0.3 is 10.0 Å². The molecule has 0 bridgehead atoms. The van der Waals surface area contributed by atoms with E-state index in [4.69, 9.17) is 0 Å². The van der Waals surface area contributed by atoms with Gasteiger partial charge in [-0.05, 0) is 50.8 Å². The molecule has 0 unspecified atom stereocenters. The van der Waals surface area contributed by atoms with Gasteiger partial charge in [0.05, 0.1) is 6.10 Å². The fraction of sp³-hybridized carbons (Fsp3) is 0.571. The van der Waals surface area contributed by atoms with Crippen molar-refractivity contribution in [2.45, 2.75) is 45.3 Å². The molecule has 1 atom stereocenters. The van der Waals surface area contributed by atoms with Crippen LogP contribution in [0.1, 0.15) is 43.4 Å². The first-order valence-corrected chi connectivity index (χ1v) is 6.21. The largest absolute Gasteiger partial charge is 0.389 e. The molecule has 1 N–H and O–H groups in total.